The van der Waals surface area contributed by atoms with E-state index in [0.29, 0.717) is 28.2 Å². The molecule has 2 aromatic rings. The van der Waals surface area contributed by atoms with Crippen molar-refractivity contribution in [1.82, 2.24) is 15.2 Å². The van der Waals surface area contributed by atoms with Gasteiger partial charge in [-0.15, -0.1) is 0 Å². The molecule has 0 bridgehead atoms. The van der Waals surface area contributed by atoms with Gasteiger partial charge in [0.1, 0.15) is 5.82 Å². The van der Waals surface area contributed by atoms with Crippen molar-refractivity contribution in [2.45, 2.75) is 84.3 Å². The maximum absolute atomic E-state index is 13.5. The van der Waals surface area contributed by atoms with Crippen LogP contribution in [0, 0.1) is 13.8 Å². The number of carbonyl (C=O) groups excluding carboxylic acids is 1. The number of amides is 1. The molecule has 2 heterocycles. The highest BCUT2D eigenvalue weighted by Crippen LogP contribution is 2.34. The van der Waals surface area contributed by atoms with Crippen LogP contribution in [0.1, 0.15) is 79.0 Å². The van der Waals surface area contributed by atoms with E-state index in [4.69, 9.17) is 11.6 Å². The maximum Gasteiger partial charge on any atom is 0.251 e. The lowest BCUT2D eigenvalue weighted by molar-refractivity contribution is 0.0950. The Bertz CT molecular complexity index is 1180. The molecule has 0 spiro atoms. The Kier molecular flexibility index (Phi) is 9.42. The van der Waals surface area contributed by atoms with Crippen LogP contribution in [0.5, 0.6) is 0 Å². The Morgan fingerprint density at radius 3 is 2.34 bits per heavy atom. The van der Waals surface area contributed by atoms with Gasteiger partial charge >= 0.3 is 0 Å². The van der Waals surface area contributed by atoms with E-state index in [1.54, 1.807) is 12.1 Å². The summed E-state index contributed by atoms with van der Waals surface area (Å²) in [4.78, 5) is 36.8. The van der Waals surface area contributed by atoms with Gasteiger partial charge in [-0.2, -0.15) is 0 Å². The van der Waals surface area contributed by atoms with Crippen molar-refractivity contribution >= 4 is 29.0 Å². The third kappa shape index (κ3) is 6.37. The van der Waals surface area contributed by atoms with Crippen LogP contribution in [0.15, 0.2) is 23.0 Å². The molecular formula is C30H44ClN5O2. The third-order valence-electron chi connectivity index (χ3n) is 8.42. The first-order valence-corrected chi connectivity index (χ1v) is 14.6. The summed E-state index contributed by atoms with van der Waals surface area (Å²) < 4.78 is 0. The molecule has 0 atom stereocenters. The first-order chi connectivity index (χ1) is 18.2. The molecule has 2 N–H and O–H groups in total. The minimum atomic E-state index is -0.205. The summed E-state index contributed by atoms with van der Waals surface area (Å²) in [6, 6.07) is 6.42. The first kappa shape index (κ1) is 28.5. The van der Waals surface area contributed by atoms with E-state index < -0.39 is 0 Å². The average molecular weight is 542 g/mol. The Labute approximate surface area is 232 Å². The molecule has 0 radical (unpaired) electrons. The summed E-state index contributed by atoms with van der Waals surface area (Å²) in [5.41, 5.74) is 3.92. The normalized spacial score (nSPS) is 20.0. The minimum Gasteiger partial charge on any atom is -0.369 e. The number of anilines is 2. The van der Waals surface area contributed by atoms with Crippen LogP contribution in [-0.2, 0) is 6.54 Å². The lowest BCUT2D eigenvalue weighted by Crippen LogP contribution is -2.42. The number of aryl methyl sites for hydroxylation is 1. The molecular weight excluding hydrogens is 498 g/mol. The van der Waals surface area contributed by atoms with Gasteiger partial charge < -0.3 is 25.0 Å². The number of carbonyl (C=O) groups is 1. The molecule has 1 saturated heterocycles. The van der Waals surface area contributed by atoms with E-state index in [-0.39, 0.29) is 17.9 Å². The Morgan fingerprint density at radius 1 is 1.05 bits per heavy atom. The number of rotatable bonds is 8. The van der Waals surface area contributed by atoms with E-state index in [1.165, 1.54) is 19.3 Å². The van der Waals surface area contributed by atoms with Gasteiger partial charge in [-0.3, -0.25) is 9.59 Å². The standard InChI is InChI=1S/C30H44ClN5O2/c1-6-36(24-12-10-23(11-13-24)34(4)5)27-18-22(31)17-25(21(27)3)30(38)32-19-26-28(37)16-20(2)33-29(26)35-14-8-7-9-15-35/h16-18,23-24H,6-15,19H2,1-5H3,(H,32,38)(H,33,37). The van der Waals surface area contributed by atoms with Gasteiger partial charge in [-0.05, 0) is 97.5 Å². The highest BCUT2D eigenvalue weighted by molar-refractivity contribution is 6.31. The molecule has 208 valence electrons. The number of benzene rings is 1. The number of aromatic nitrogens is 1. The molecule has 1 aromatic carbocycles. The molecule has 7 nitrogen and oxygen atoms in total. The van der Waals surface area contributed by atoms with Gasteiger partial charge in [0.05, 0.1) is 12.1 Å². The molecule has 38 heavy (non-hydrogen) atoms. The number of halogens is 1. The van der Waals surface area contributed by atoms with E-state index in [9.17, 15) is 9.59 Å². The van der Waals surface area contributed by atoms with Crippen molar-refractivity contribution < 1.29 is 4.79 Å². The molecule has 1 saturated carbocycles. The Morgan fingerprint density at radius 2 is 1.71 bits per heavy atom. The SMILES string of the molecule is CCN(c1cc(Cl)cc(C(=O)NCc2c(N3CCCCC3)[nH]c(C)cc2=O)c1C)C1CCC(N(C)C)CC1. The first-order valence-electron chi connectivity index (χ1n) is 14.2. The van der Waals surface area contributed by atoms with E-state index in [2.05, 4.69) is 46.0 Å². The summed E-state index contributed by atoms with van der Waals surface area (Å²) in [5.74, 6) is 0.632. The molecule has 2 aliphatic rings. The number of aromatic amines is 1. The summed E-state index contributed by atoms with van der Waals surface area (Å²) >= 11 is 6.58. The second-order valence-electron chi connectivity index (χ2n) is 11.2. The smallest absolute Gasteiger partial charge is 0.251 e. The minimum absolute atomic E-state index is 0.0453. The molecule has 1 amide bonds. The zero-order chi connectivity index (χ0) is 27.4. The Balaban J connectivity index is 1.54. The van der Waals surface area contributed by atoms with Gasteiger partial charge in [-0.25, -0.2) is 0 Å². The second kappa shape index (κ2) is 12.6. The fourth-order valence-electron chi connectivity index (χ4n) is 6.23. The van der Waals surface area contributed by atoms with Gasteiger partial charge in [0, 0.05) is 59.8 Å². The number of nitrogens with one attached hydrogen (secondary N) is 2. The van der Waals surface area contributed by atoms with Gasteiger partial charge in [0.25, 0.3) is 5.91 Å². The third-order valence-corrected chi connectivity index (χ3v) is 8.64. The van der Waals surface area contributed by atoms with Crippen LogP contribution in [0.3, 0.4) is 0 Å². The van der Waals surface area contributed by atoms with Crippen LogP contribution in [0.4, 0.5) is 11.5 Å². The maximum atomic E-state index is 13.5. The van der Waals surface area contributed by atoms with Gasteiger partial charge in [0.15, 0.2) is 5.43 Å². The van der Waals surface area contributed by atoms with Gasteiger partial charge in [-0.1, -0.05) is 11.6 Å². The molecule has 0 unspecified atom stereocenters. The highest BCUT2D eigenvalue weighted by atomic mass is 35.5. The summed E-state index contributed by atoms with van der Waals surface area (Å²) in [6.07, 6.45) is 8.02. The van der Waals surface area contributed by atoms with E-state index >= 15 is 0 Å². The number of hydrogen-bond acceptors (Lipinski definition) is 5. The van der Waals surface area contributed by atoms with Crippen molar-refractivity contribution in [2.24, 2.45) is 0 Å². The van der Waals surface area contributed by atoms with Crippen LogP contribution in [0.25, 0.3) is 0 Å². The number of H-pyrrole nitrogens is 1. The number of pyridine rings is 1. The monoisotopic (exact) mass is 541 g/mol. The number of nitrogens with zero attached hydrogens (tertiary/aromatic N) is 3. The quantitative estimate of drug-likeness (QED) is 0.476. The van der Waals surface area contributed by atoms with Crippen molar-refractivity contribution in [3.63, 3.8) is 0 Å². The van der Waals surface area contributed by atoms with Crippen molar-refractivity contribution in [2.75, 3.05) is 43.5 Å². The number of hydrogen-bond donors (Lipinski definition) is 2. The van der Waals surface area contributed by atoms with Crippen LogP contribution in [-0.4, -0.2) is 61.6 Å². The predicted octanol–water partition coefficient (Wildman–Crippen LogP) is 5.26. The van der Waals surface area contributed by atoms with Crippen LogP contribution in [0.2, 0.25) is 5.02 Å². The van der Waals surface area contributed by atoms with E-state index in [0.717, 1.165) is 68.1 Å². The van der Waals surface area contributed by atoms with Crippen LogP contribution >= 0.6 is 11.6 Å². The van der Waals surface area contributed by atoms with Crippen LogP contribution < -0.4 is 20.5 Å². The zero-order valence-corrected chi connectivity index (χ0v) is 24.5. The highest BCUT2D eigenvalue weighted by Gasteiger charge is 2.28. The van der Waals surface area contributed by atoms with Crippen molar-refractivity contribution in [3.8, 4) is 0 Å². The molecule has 4 rings (SSSR count). The molecule has 8 heteroatoms. The fraction of sp³-hybridized carbons (Fsp3) is 0.600. The molecule has 1 aliphatic carbocycles. The summed E-state index contributed by atoms with van der Waals surface area (Å²) in [7, 11) is 4.32. The topological polar surface area (TPSA) is 71.7 Å². The van der Waals surface area contributed by atoms with E-state index in [1.807, 2.05) is 19.9 Å². The lowest BCUT2D eigenvalue weighted by atomic mass is 9.89. The summed E-state index contributed by atoms with van der Waals surface area (Å²) in [5, 5.41) is 3.59. The lowest BCUT2D eigenvalue weighted by Gasteiger charge is -2.40. The predicted molar refractivity (Wildman–Crippen MR) is 158 cm³/mol. The molecule has 2 fully saturated rings. The number of piperidine rings is 1. The second-order valence-corrected chi connectivity index (χ2v) is 11.6. The van der Waals surface area contributed by atoms with Gasteiger partial charge in [0.2, 0.25) is 0 Å². The average Bonchev–Trinajstić information content (AvgIpc) is 2.90. The fourth-order valence-corrected chi connectivity index (χ4v) is 6.44. The molecule has 1 aromatic heterocycles. The van der Waals surface area contributed by atoms with Crippen molar-refractivity contribution in [1.29, 1.82) is 0 Å². The van der Waals surface area contributed by atoms with Crippen molar-refractivity contribution in [3.05, 3.63) is 55.8 Å². The largest absolute Gasteiger partial charge is 0.369 e. The summed E-state index contributed by atoms with van der Waals surface area (Å²) in [6.45, 7) is 8.95. The molecule has 1 aliphatic heterocycles. The Hall–Kier alpha value is -2.51. The zero-order valence-electron chi connectivity index (χ0n) is 23.7.